The number of nitrogens with zero attached hydrogens (tertiary/aromatic N) is 2. The van der Waals surface area contributed by atoms with E-state index in [0.717, 1.165) is 5.69 Å². The van der Waals surface area contributed by atoms with Gasteiger partial charge in [-0.1, -0.05) is 12.1 Å². The third-order valence-corrected chi connectivity index (χ3v) is 3.82. The Hall–Kier alpha value is -1.83. The topological polar surface area (TPSA) is 16.1 Å². The molecule has 1 aromatic heterocycles. The lowest BCUT2D eigenvalue weighted by atomic mass is 9.97. The van der Waals surface area contributed by atoms with Gasteiger partial charge in [-0.2, -0.15) is 0 Å². The summed E-state index contributed by atoms with van der Waals surface area (Å²) in [6, 6.07) is 13.4. The van der Waals surface area contributed by atoms with Gasteiger partial charge in [0.15, 0.2) is 0 Å². The van der Waals surface area contributed by atoms with Crippen LogP contribution in [0.5, 0.6) is 0 Å². The van der Waals surface area contributed by atoms with Crippen molar-refractivity contribution >= 4 is 5.69 Å². The van der Waals surface area contributed by atoms with E-state index in [-0.39, 0.29) is 0 Å². The molecule has 1 aromatic carbocycles. The zero-order chi connectivity index (χ0) is 13.2. The third kappa shape index (κ3) is 2.35. The van der Waals surface area contributed by atoms with E-state index in [0.29, 0.717) is 6.04 Å². The summed E-state index contributed by atoms with van der Waals surface area (Å²) in [6.07, 6.45) is 4.28. The summed E-state index contributed by atoms with van der Waals surface area (Å²) in [5.41, 5.74) is 5.15. The Balaban J connectivity index is 2.00. The number of benzene rings is 1. The monoisotopic (exact) mass is 252 g/mol. The highest BCUT2D eigenvalue weighted by Gasteiger charge is 2.19. The molecule has 19 heavy (non-hydrogen) atoms. The molecular weight excluding hydrogens is 232 g/mol. The van der Waals surface area contributed by atoms with Crippen molar-refractivity contribution in [2.75, 3.05) is 11.4 Å². The molecule has 0 spiro atoms. The highest BCUT2D eigenvalue weighted by molar-refractivity contribution is 5.67. The van der Waals surface area contributed by atoms with E-state index in [2.05, 4.69) is 48.0 Å². The molecule has 0 radical (unpaired) electrons. The number of rotatable bonds is 2. The average Bonchev–Trinajstić information content (AvgIpc) is 2.47. The molecule has 2 nitrogen and oxygen atoms in total. The van der Waals surface area contributed by atoms with Crippen molar-refractivity contribution in [3.05, 3.63) is 48.2 Å². The van der Waals surface area contributed by atoms with Crippen molar-refractivity contribution in [3.63, 3.8) is 0 Å². The number of hydrogen-bond acceptors (Lipinski definition) is 2. The van der Waals surface area contributed by atoms with Crippen LogP contribution in [-0.4, -0.2) is 17.6 Å². The van der Waals surface area contributed by atoms with Crippen LogP contribution in [0.1, 0.15) is 25.8 Å². The summed E-state index contributed by atoms with van der Waals surface area (Å²) in [6.45, 7) is 5.71. The quantitative estimate of drug-likeness (QED) is 0.805. The van der Waals surface area contributed by atoms with Gasteiger partial charge in [0, 0.05) is 30.0 Å². The molecule has 0 N–H and O–H groups in total. The van der Waals surface area contributed by atoms with Crippen LogP contribution in [-0.2, 0) is 6.42 Å². The number of aryl methyl sites for hydroxylation is 1. The fourth-order valence-corrected chi connectivity index (χ4v) is 2.86. The first kappa shape index (κ1) is 12.2. The van der Waals surface area contributed by atoms with Gasteiger partial charge < -0.3 is 4.90 Å². The maximum atomic E-state index is 4.44. The molecule has 0 saturated heterocycles. The maximum absolute atomic E-state index is 4.44. The molecule has 1 aliphatic heterocycles. The number of hydrogen-bond donors (Lipinski definition) is 0. The van der Waals surface area contributed by atoms with E-state index in [1.807, 2.05) is 18.3 Å². The molecule has 0 amide bonds. The second kappa shape index (κ2) is 5.04. The minimum absolute atomic E-state index is 0.569. The van der Waals surface area contributed by atoms with Gasteiger partial charge in [0.2, 0.25) is 0 Å². The van der Waals surface area contributed by atoms with E-state index < -0.39 is 0 Å². The molecule has 0 atom stereocenters. The molecule has 0 aliphatic carbocycles. The normalized spacial score (nSPS) is 14.6. The Bertz CT molecular complexity index is 561. The van der Waals surface area contributed by atoms with Crippen molar-refractivity contribution in [2.24, 2.45) is 0 Å². The van der Waals surface area contributed by atoms with E-state index in [1.54, 1.807) is 0 Å². The van der Waals surface area contributed by atoms with E-state index in [9.17, 15) is 0 Å². The Morgan fingerprint density at radius 2 is 2.05 bits per heavy atom. The molecule has 2 aromatic rings. The molecule has 3 rings (SSSR count). The van der Waals surface area contributed by atoms with E-state index >= 15 is 0 Å². The molecule has 0 saturated carbocycles. The van der Waals surface area contributed by atoms with Gasteiger partial charge in [0.05, 0.1) is 5.69 Å². The predicted octanol–water partition coefficient (Wildman–Crippen LogP) is 3.91. The van der Waals surface area contributed by atoms with Gasteiger partial charge in [-0.15, -0.1) is 0 Å². The number of anilines is 1. The number of pyridine rings is 1. The minimum Gasteiger partial charge on any atom is -0.369 e. The Morgan fingerprint density at radius 3 is 2.79 bits per heavy atom. The van der Waals surface area contributed by atoms with Crippen molar-refractivity contribution in [2.45, 2.75) is 32.7 Å². The maximum Gasteiger partial charge on any atom is 0.0702 e. The van der Waals surface area contributed by atoms with Gasteiger partial charge >= 0.3 is 0 Å². The summed E-state index contributed by atoms with van der Waals surface area (Å²) in [4.78, 5) is 6.94. The van der Waals surface area contributed by atoms with Crippen LogP contribution in [0.25, 0.3) is 11.3 Å². The lowest BCUT2D eigenvalue weighted by molar-refractivity contribution is 0.626. The van der Waals surface area contributed by atoms with E-state index in [4.69, 9.17) is 0 Å². The Labute approximate surface area is 115 Å². The highest BCUT2D eigenvalue weighted by Crippen LogP contribution is 2.32. The molecule has 2 heteroatoms. The third-order valence-electron chi connectivity index (χ3n) is 3.82. The SMILES string of the molecule is CC(C)N1CCCc2cc(-c3ccccn3)ccc21. The zero-order valence-corrected chi connectivity index (χ0v) is 11.6. The highest BCUT2D eigenvalue weighted by atomic mass is 15.2. The summed E-state index contributed by atoms with van der Waals surface area (Å²) < 4.78 is 0. The molecule has 98 valence electrons. The first-order valence-electron chi connectivity index (χ1n) is 7.06. The fourth-order valence-electron chi connectivity index (χ4n) is 2.86. The van der Waals surface area contributed by atoms with Crippen molar-refractivity contribution in [3.8, 4) is 11.3 Å². The summed E-state index contributed by atoms with van der Waals surface area (Å²) in [7, 11) is 0. The minimum atomic E-state index is 0.569. The van der Waals surface area contributed by atoms with Gasteiger partial charge in [-0.05, 0) is 56.5 Å². The van der Waals surface area contributed by atoms with Crippen LogP contribution in [0.3, 0.4) is 0 Å². The number of aromatic nitrogens is 1. The predicted molar refractivity (Wildman–Crippen MR) is 80.5 cm³/mol. The summed E-state index contributed by atoms with van der Waals surface area (Å²) >= 11 is 0. The van der Waals surface area contributed by atoms with Crippen LogP contribution < -0.4 is 4.90 Å². The number of fused-ring (bicyclic) bond motifs is 1. The standard InChI is InChI=1S/C17H20N2/c1-13(2)19-11-5-6-15-12-14(8-9-17(15)19)16-7-3-4-10-18-16/h3-4,7-10,12-13H,5-6,11H2,1-2H3. The first-order valence-corrected chi connectivity index (χ1v) is 7.06. The van der Waals surface area contributed by atoms with Gasteiger partial charge in [-0.25, -0.2) is 0 Å². The van der Waals surface area contributed by atoms with Crippen molar-refractivity contribution in [1.29, 1.82) is 0 Å². The summed E-state index contributed by atoms with van der Waals surface area (Å²) in [5.74, 6) is 0. The average molecular weight is 252 g/mol. The molecule has 1 aliphatic rings. The molecule has 2 heterocycles. The van der Waals surface area contributed by atoms with Gasteiger partial charge in [0.1, 0.15) is 0 Å². The lowest BCUT2D eigenvalue weighted by Gasteiger charge is -2.35. The van der Waals surface area contributed by atoms with Gasteiger partial charge in [-0.3, -0.25) is 4.98 Å². The Morgan fingerprint density at radius 1 is 1.16 bits per heavy atom. The zero-order valence-electron chi connectivity index (χ0n) is 11.6. The lowest BCUT2D eigenvalue weighted by Crippen LogP contribution is -2.35. The largest absolute Gasteiger partial charge is 0.369 e. The molecule has 0 fully saturated rings. The van der Waals surface area contributed by atoms with Crippen LogP contribution in [0.15, 0.2) is 42.6 Å². The van der Waals surface area contributed by atoms with Crippen LogP contribution in [0.4, 0.5) is 5.69 Å². The Kier molecular flexibility index (Phi) is 3.24. The van der Waals surface area contributed by atoms with Crippen LogP contribution in [0, 0.1) is 0 Å². The second-order valence-corrected chi connectivity index (χ2v) is 5.45. The first-order chi connectivity index (χ1) is 9.25. The smallest absolute Gasteiger partial charge is 0.0702 e. The fraction of sp³-hybridized carbons (Fsp3) is 0.353. The van der Waals surface area contributed by atoms with Crippen LogP contribution >= 0.6 is 0 Å². The van der Waals surface area contributed by atoms with Gasteiger partial charge in [0.25, 0.3) is 0 Å². The molecule has 0 bridgehead atoms. The van der Waals surface area contributed by atoms with E-state index in [1.165, 1.54) is 36.2 Å². The van der Waals surface area contributed by atoms with Crippen LogP contribution in [0.2, 0.25) is 0 Å². The molecule has 0 unspecified atom stereocenters. The second-order valence-electron chi connectivity index (χ2n) is 5.45. The summed E-state index contributed by atoms with van der Waals surface area (Å²) in [5, 5.41) is 0. The van der Waals surface area contributed by atoms with Crippen molar-refractivity contribution < 1.29 is 0 Å². The molecular formula is C17H20N2. The van der Waals surface area contributed by atoms with Crippen molar-refractivity contribution in [1.82, 2.24) is 4.98 Å².